The number of benzene rings is 1. The van der Waals surface area contributed by atoms with E-state index >= 15 is 0 Å². The molecule has 3 aromatic rings. The summed E-state index contributed by atoms with van der Waals surface area (Å²) in [4.78, 5) is 23.4. The summed E-state index contributed by atoms with van der Waals surface area (Å²) in [6.45, 7) is 5.57. The molecule has 0 unspecified atom stereocenters. The molecule has 7 heteroatoms. The fraction of sp³-hybridized carbons (Fsp3) is 0.350. The first-order chi connectivity index (χ1) is 12.7. The molecule has 0 aliphatic carbocycles. The molecule has 27 heavy (non-hydrogen) atoms. The molecule has 2 aromatic heterocycles. The van der Waals surface area contributed by atoms with Gasteiger partial charge in [0.05, 0.1) is 10.9 Å². The van der Waals surface area contributed by atoms with Crippen molar-refractivity contribution in [3.05, 3.63) is 47.2 Å². The molecule has 0 amide bonds. The number of hydrogen-bond donors (Lipinski definition) is 3. The Morgan fingerprint density at radius 1 is 1.11 bits per heavy atom. The standard InChI is InChI=1S/C20H25N5O2/c1-20(2,3)27-18(26)13-9-7-12(8-10-13)5-4-6-14-11-23-17-15(14)16(21)24-19(22)25-17/h7-11H,4-6H2,1-3H3,(H5,21,22,23,24,25). The predicted octanol–water partition coefficient (Wildman–Crippen LogP) is 3.25. The Balaban J connectivity index is 1.61. The van der Waals surface area contributed by atoms with Crippen molar-refractivity contribution >= 4 is 28.8 Å². The van der Waals surface area contributed by atoms with Gasteiger partial charge in [-0.2, -0.15) is 9.97 Å². The van der Waals surface area contributed by atoms with Gasteiger partial charge in [0, 0.05) is 6.20 Å². The first-order valence-corrected chi connectivity index (χ1v) is 8.94. The van der Waals surface area contributed by atoms with Crippen LogP contribution < -0.4 is 11.5 Å². The van der Waals surface area contributed by atoms with E-state index in [1.807, 2.05) is 51.2 Å². The number of rotatable bonds is 5. The lowest BCUT2D eigenvalue weighted by Gasteiger charge is -2.19. The van der Waals surface area contributed by atoms with Crippen LogP contribution in [0.25, 0.3) is 11.0 Å². The molecule has 0 aliphatic rings. The van der Waals surface area contributed by atoms with E-state index in [2.05, 4.69) is 15.0 Å². The van der Waals surface area contributed by atoms with E-state index in [-0.39, 0.29) is 11.9 Å². The third kappa shape index (κ3) is 4.55. The average molecular weight is 367 g/mol. The first kappa shape index (κ1) is 18.7. The van der Waals surface area contributed by atoms with E-state index in [0.717, 1.165) is 35.8 Å². The number of carbonyl (C=O) groups excluding carboxylic acids is 1. The van der Waals surface area contributed by atoms with Gasteiger partial charge in [0.15, 0.2) is 0 Å². The van der Waals surface area contributed by atoms with Crippen LogP contribution in [0.3, 0.4) is 0 Å². The zero-order valence-corrected chi connectivity index (χ0v) is 15.9. The largest absolute Gasteiger partial charge is 0.456 e. The van der Waals surface area contributed by atoms with Crippen LogP contribution in [0.4, 0.5) is 11.8 Å². The van der Waals surface area contributed by atoms with Gasteiger partial charge in [-0.1, -0.05) is 12.1 Å². The molecule has 3 rings (SSSR count). The van der Waals surface area contributed by atoms with Crippen molar-refractivity contribution in [1.29, 1.82) is 0 Å². The minimum atomic E-state index is -0.495. The highest BCUT2D eigenvalue weighted by Crippen LogP contribution is 2.24. The van der Waals surface area contributed by atoms with Crippen LogP contribution in [0.15, 0.2) is 30.5 Å². The lowest BCUT2D eigenvalue weighted by molar-refractivity contribution is 0.00695. The molecule has 0 saturated carbocycles. The van der Waals surface area contributed by atoms with Gasteiger partial charge in [0.2, 0.25) is 5.95 Å². The van der Waals surface area contributed by atoms with E-state index in [1.165, 1.54) is 0 Å². The number of H-pyrrole nitrogens is 1. The fourth-order valence-electron chi connectivity index (χ4n) is 2.97. The number of nitrogens with one attached hydrogen (secondary N) is 1. The molecule has 0 aliphatic heterocycles. The summed E-state index contributed by atoms with van der Waals surface area (Å²) >= 11 is 0. The minimum absolute atomic E-state index is 0.165. The molecule has 0 fully saturated rings. The van der Waals surface area contributed by atoms with Crippen LogP contribution >= 0.6 is 0 Å². The third-order valence-electron chi connectivity index (χ3n) is 4.16. The summed E-state index contributed by atoms with van der Waals surface area (Å²) in [6.07, 6.45) is 4.56. The second-order valence-electron chi connectivity index (χ2n) is 7.56. The van der Waals surface area contributed by atoms with Gasteiger partial charge in [-0.3, -0.25) is 0 Å². The van der Waals surface area contributed by atoms with E-state index in [0.29, 0.717) is 17.0 Å². The topological polar surface area (TPSA) is 120 Å². The van der Waals surface area contributed by atoms with Crippen LogP contribution in [0, 0.1) is 0 Å². The molecule has 0 spiro atoms. The number of aromatic amines is 1. The van der Waals surface area contributed by atoms with Crippen LogP contribution in [0.2, 0.25) is 0 Å². The Kier molecular flexibility index (Phi) is 5.03. The van der Waals surface area contributed by atoms with Gasteiger partial charge in [0.25, 0.3) is 0 Å². The second-order valence-corrected chi connectivity index (χ2v) is 7.56. The number of anilines is 2. The average Bonchev–Trinajstić information content (AvgIpc) is 2.97. The van der Waals surface area contributed by atoms with E-state index in [9.17, 15) is 4.79 Å². The lowest BCUT2D eigenvalue weighted by Crippen LogP contribution is -2.23. The van der Waals surface area contributed by atoms with Crippen molar-refractivity contribution in [3.8, 4) is 0 Å². The molecule has 0 radical (unpaired) electrons. The van der Waals surface area contributed by atoms with Crippen LogP contribution in [0.5, 0.6) is 0 Å². The van der Waals surface area contributed by atoms with Gasteiger partial charge in [-0.25, -0.2) is 4.79 Å². The maximum absolute atomic E-state index is 12.1. The summed E-state index contributed by atoms with van der Waals surface area (Å²) in [6, 6.07) is 7.55. The number of nitrogens with two attached hydrogens (primary N) is 2. The molecule has 7 nitrogen and oxygen atoms in total. The van der Waals surface area contributed by atoms with E-state index < -0.39 is 5.60 Å². The summed E-state index contributed by atoms with van der Waals surface area (Å²) in [5.74, 6) is 0.261. The molecule has 5 N–H and O–H groups in total. The number of nitrogens with zero attached hydrogens (tertiary/aromatic N) is 2. The monoisotopic (exact) mass is 367 g/mol. The normalized spacial score (nSPS) is 11.7. The van der Waals surface area contributed by atoms with Gasteiger partial charge in [0.1, 0.15) is 17.1 Å². The lowest BCUT2D eigenvalue weighted by atomic mass is 10.0. The van der Waals surface area contributed by atoms with E-state index in [1.54, 1.807) is 0 Å². The highest BCUT2D eigenvalue weighted by atomic mass is 16.6. The summed E-state index contributed by atoms with van der Waals surface area (Å²) < 4.78 is 5.38. The Labute approximate surface area is 158 Å². The number of carbonyl (C=O) groups is 1. The Hall–Kier alpha value is -3.09. The van der Waals surface area contributed by atoms with Crippen LogP contribution in [0.1, 0.15) is 48.7 Å². The van der Waals surface area contributed by atoms with Crippen molar-refractivity contribution in [3.63, 3.8) is 0 Å². The maximum atomic E-state index is 12.1. The first-order valence-electron chi connectivity index (χ1n) is 8.94. The van der Waals surface area contributed by atoms with Crippen molar-refractivity contribution < 1.29 is 9.53 Å². The molecule has 0 atom stereocenters. The van der Waals surface area contributed by atoms with E-state index in [4.69, 9.17) is 16.2 Å². The zero-order chi connectivity index (χ0) is 19.6. The number of fused-ring (bicyclic) bond motifs is 1. The zero-order valence-electron chi connectivity index (χ0n) is 15.9. The summed E-state index contributed by atoms with van der Waals surface area (Å²) in [7, 11) is 0. The molecule has 1 aromatic carbocycles. The molecule has 2 heterocycles. The van der Waals surface area contributed by atoms with Crippen molar-refractivity contribution in [1.82, 2.24) is 15.0 Å². The summed E-state index contributed by atoms with van der Waals surface area (Å²) in [5, 5.41) is 0.837. The van der Waals surface area contributed by atoms with Crippen molar-refractivity contribution in [2.45, 2.75) is 45.6 Å². The number of aromatic nitrogens is 3. The van der Waals surface area contributed by atoms with Crippen LogP contribution in [-0.4, -0.2) is 26.5 Å². The quantitative estimate of drug-likeness (QED) is 0.595. The highest BCUT2D eigenvalue weighted by molar-refractivity contribution is 5.90. The molecular weight excluding hydrogens is 342 g/mol. The summed E-state index contributed by atoms with van der Waals surface area (Å²) in [5.41, 5.74) is 14.6. The molecule has 142 valence electrons. The van der Waals surface area contributed by atoms with Crippen molar-refractivity contribution in [2.24, 2.45) is 0 Å². The SMILES string of the molecule is CC(C)(C)OC(=O)c1ccc(CCCc2c[nH]c3nc(N)nc(N)c23)cc1. The second kappa shape index (κ2) is 7.26. The molecular formula is C20H25N5O2. The van der Waals surface area contributed by atoms with Gasteiger partial charge >= 0.3 is 5.97 Å². The number of esters is 1. The fourth-order valence-corrected chi connectivity index (χ4v) is 2.97. The third-order valence-corrected chi connectivity index (χ3v) is 4.16. The van der Waals surface area contributed by atoms with Gasteiger partial charge in [-0.15, -0.1) is 0 Å². The number of ether oxygens (including phenoxy) is 1. The number of nitrogen functional groups attached to an aromatic ring is 2. The van der Waals surface area contributed by atoms with Gasteiger partial charge in [-0.05, 0) is 63.3 Å². The maximum Gasteiger partial charge on any atom is 0.338 e. The smallest absolute Gasteiger partial charge is 0.338 e. The Morgan fingerprint density at radius 2 is 1.81 bits per heavy atom. The minimum Gasteiger partial charge on any atom is -0.456 e. The molecule has 0 bridgehead atoms. The predicted molar refractivity (Wildman–Crippen MR) is 106 cm³/mol. The van der Waals surface area contributed by atoms with Crippen LogP contribution in [-0.2, 0) is 17.6 Å². The highest BCUT2D eigenvalue weighted by Gasteiger charge is 2.17. The Morgan fingerprint density at radius 3 is 2.48 bits per heavy atom. The Bertz CT molecular complexity index is 955. The molecule has 0 saturated heterocycles. The number of aryl methyl sites for hydroxylation is 2. The van der Waals surface area contributed by atoms with Gasteiger partial charge < -0.3 is 21.2 Å². The number of hydrogen-bond acceptors (Lipinski definition) is 6. The van der Waals surface area contributed by atoms with Crippen molar-refractivity contribution in [2.75, 3.05) is 11.5 Å².